The molecule has 0 aliphatic rings. The highest BCUT2D eigenvalue weighted by Gasteiger charge is 2.21. The summed E-state index contributed by atoms with van der Waals surface area (Å²) in [4.78, 5) is 26.3. The Hall–Kier alpha value is -2.31. The molecular formula is C18H24ClN3O3. The molecule has 1 atom stereocenters. The molecule has 0 aliphatic heterocycles. The van der Waals surface area contributed by atoms with Crippen LogP contribution >= 0.6 is 12.4 Å². The van der Waals surface area contributed by atoms with Gasteiger partial charge < -0.3 is 20.0 Å². The highest BCUT2D eigenvalue weighted by atomic mass is 35.5. The summed E-state index contributed by atoms with van der Waals surface area (Å²) in [5.74, 6) is -0.288. The first kappa shape index (κ1) is 20.7. The summed E-state index contributed by atoms with van der Waals surface area (Å²) in [5.41, 5.74) is 0.983. The molecule has 25 heavy (non-hydrogen) atoms. The Morgan fingerprint density at radius 3 is 2.56 bits per heavy atom. The minimum atomic E-state index is -0.304. The van der Waals surface area contributed by atoms with Crippen LogP contribution < -0.4 is 15.5 Å². The monoisotopic (exact) mass is 365 g/mol. The maximum atomic E-state index is 12.5. The number of amides is 2. The number of nitrogens with one attached hydrogen (secondary N) is 2. The van der Waals surface area contributed by atoms with Gasteiger partial charge in [0, 0.05) is 19.6 Å². The van der Waals surface area contributed by atoms with Crippen LogP contribution in [0.4, 0.5) is 5.69 Å². The molecule has 0 radical (unpaired) electrons. The van der Waals surface area contributed by atoms with Gasteiger partial charge in [-0.25, -0.2) is 0 Å². The third-order valence-electron chi connectivity index (χ3n) is 3.67. The average Bonchev–Trinajstić information content (AvgIpc) is 3.13. The van der Waals surface area contributed by atoms with Crippen molar-refractivity contribution in [2.24, 2.45) is 0 Å². The van der Waals surface area contributed by atoms with Gasteiger partial charge in [-0.3, -0.25) is 9.59 Å². The zero-order valence-electron chi connectivity index (χ0n) is 14.6. The molecular weight excluding hydrogens is 342 g/mol. The van der Waals surface area contributed by atoms with E-state index in [0.29, 0.717) is 17.8 Å². The molecule has 2 aromatic rings. The normalized spacial score (nSPS) is 11.3. The Bertz CT molecular complexity index is 689. The summed E-state index contributed by atoms with van der Waals surface area (Å²) < 4.78 is 5.14. The molecule has 136 valence electrons. The first-order valence-electron chi connectivity index (χ1n) is 7.96. The van der Waals surface area contributed by atoms with Gasteiger partial charge in [-0.1, -0.05) is 19.1 Å². The zero-order valence-corrected chi connectivity index (χ0v) is 15.4. The Morgan fingerprint density at radius 1 is 1.20 bits per heavy atom. The predicted molar refractivity (Wildman–Crippen MR) is 101 cm³/mol. The van der Waals surface area contributed by atoms with Gasteiger partial charge in [0.25, 0.3) is 11.8 Å². The Morgan fingerprint density at radius 2 is 1.92 bits per heavy atom. The molecule has 1 aromatic heterocycles. The van der Waals surface area contributed by atoms with Crippen LogP contribution in [0.3, 0.4) is 0 Å². The number of anilines is 1. The fraction of sp³-hybridized carbons (Fsp3) is 0.333. The second-order valence-corrected chi connectivity index (χ2v) is 5.53. The summed E-state index contributed by atoms with van der Waals surface area (Å²) in [5, 5.41) is 6.12. The SMILES string of the molecule is CCN[C@H](C)CNC(=O)c1ccccc1N(C)C(=O)c1ccco1.Cl. The van der Waals surface area contributed by atoms with Crippen LogP contribution in [0.5, 0.6) is 0 Å². The Balaban J connectivity index is 0.00000312. The van der Waals surface area contributed by atoms with E-state index in [4.69, 9.17) is 4.42 Å². The van der Waals surface area contributed by atoms with E-state index in [1.807, 2.05) is 13.8 Å². The molecule has 0 saturated heterocycles. The second kappa shape index (κ2) is 9.86. The molecule has 0 saturated carbocycles. The lowest BCUT2D eigenvalue weighted by molar-refractivity contribution is 0.0950. The van der Waals surface area contributed by atoms with Gasteiger partial charge in [-0.05, 0) is 37.7 Å². The van der Waals surface area contributed by atoms with Crippen LogP contribution in [0.15, 0.2) is 47.1 Å². The number of hydrogen-bond acceptors (Lipinski definition) is 4. The molecule has 0 spiro atoms. The lowest BCUT2D eigenvalue weighted by Gasteiger charge is -2.20. The van der Waals surface area contributed by atoms with E-state index < -0.39 is 0 Å². The van der Waals surface area contributed by atoms with Gasteiger partial charge in [0.05, 0.1) is 17.5 Å². The van der Waals surface area contributed by atoms with E-state index in [2.05, 4.69) is 10.6 Å². The zero-order chi connectivity index (χ0) is 17.5. The van der Waals surface area contributed by atoms with Crippen molar-refractivity contribution in [3.63, 3.8) is 0 Å². The molecule has 0 fully saturated rings. The number of carbonyl (C=O) groups excluding carboxylic acids is 2. The molecule has 0 bridgehead atoms. The number of halogens is 1. The van der Waals surface area contributed by atoms with E-state index in [0.717, 1.165) is 6.54 Å². The summed E-state index contributed by atoms with van der Waals surface area (Å²) in [6, 6.07) is 10.4. The van der Waals surface area contributed by atoms with Gasteiger partial charge in [0.15, 0.2) is 5.76 Å². The molecule has 2 rings (SSSR count). The lowest BCUT2D eigenvalue weighted by Crippen LogP contribution is -2.39. The number of likely N-dealkylation sites (N-methyl/N-ethyl adjacent to an activating group) is 1. The van der Waals surface area contributed by atoms with Crippen LogP contribution in [0.25, 0.3) is 0 Å². The van der Waals surface area contributed by atoms with Crippen molar-refractivity contribution in [2.75, 3.05) is 25.0 Å². The van der Waals surface area contributed by atoms with Gasteiger partial charge in [0.1, 0.15) is 0 Å². The van der Waals surface area contributed by atoms with Crippen molar-refractivity contribution in [2.45, 2.75) is 19.9 Å². The second-order valence-electron chi connectivity index (χ2n) is 5.53. The molecule has 0 unspecified atom stereocenters. The van der Waals surface area contributed by atoms with E-state index >= 15 is 0 Å². The van der Waals surface area contributed by atoms with Crippen LogP contribution in [0.2, 0.25) is 0 Å². The number of carbonyl (C=O) groups is 2. The average molecular weight is 366 g/mol. The number of rotatable bonds is 7. The number of para-hydroxylation sites is 1. The van der Waals surface area contributed by atoms with Crippen LogP contribution in [0, 0.1) is 0 Å². The summed E-state index contributed by atoms with van der Waals surface area (Å²) in [7, 11) is 1.62. The van der Waals surface area contributed by atoms with Crippen LogP contribution in [0.1, 0.15) is 34.8 Å². The van der Waals surface area contributed by atoms with Crippen molar-refractivity contribution in [1.29, 1.82) is 0 Å². The Labute approximate surface area is 154 Å². The standard InChI is InChI=1S/C18H23N3O3.ClH/c1-4-19-13(2)12-20-17(22)14-8-5-6-9-15(14)21(3)18(23)16-10-7-11-24-16;/h5-11,13,19H,4,12H2,1-3H3,(H,20,22);1H/t13-;/m1./s1. The first-order chi connectivity index (χ1) is 11.5. The van der Waals surface area contributed by atoms with E-state index in [1.165, 1.54) is 11.2 Å². The molecule has 1 heterocycles. The Kier molecular flexibility index (Phi) is 8.18. The number of nitrogens with zero attached hydrogens (tertiary/aromatic N) is 1. The fourth-order valence-electron chi connectivity index (χ4n) is 2.39. The molecule has 1 aromatic carbocycles. The van der Waals surface area contributed by atoms with E-state index in [9.17, 15) is 9.59 Å². The highest BCUT2D eigenvalue weighted by Crippen LogP contribution is 2.21. The van der Waals surface area contributed by atoms with Crippen molar-refractivity contribution >= 4 is 29.9 Å². The summed E-state index contributed by atoms with van der Waals surface area (Å²) in [6.07, 6.45) is 1.45. The topological polar surface area (TPSA) is 74.6 Å². The van der Waals surface area contributed by atoms with Gasteiger partial charge in [-0.15, -0.1) is 12.4 Å². The first-order valence-corrected chi connectivity index (χ1v) is 7.96. The summed E-state index contributed by atoms with van der Waals surface area (Å²) >= 11 is 0. The maximum absolute atomic E-state index is 12.5. The molecule has 7 heteroatoms. The third kappa shape index (κ3) is 5.34. The minimum Gasteiger partial charge on any atom is -0.459 e. The molecule has 2 N–H and O–H groups in total. The van der Waals surface area contributed by atoms with Crippen molar-refractivity contribution < 1.29 is 14.0 Å². The van der Waals surface area contributed by atoms with Crippen LogP contribution in [-0.4, -0.2) is 38.0 Å². The highest BCUT2D eigenvalue weighted by molar-refractivity contribution is 6.09. The third-order valence-corrected chi connectivity index (χ3v) is 3.67. The van der Waals surface area contributed by atoms with E-state index in [-0.39, 0.29) is 36.0 Å². The van der Waals surface area contributed by atoms with Crippen molar-refractivity contribution in [3.05, 3.63) is 54.0 Å². The lowest BCUT2D eigenvalue weighted by atomic mass is 10.1. The van der Waals surface area contributed by atoms with Crippen molar-refractivity contribution in [3.8, 4) is 0 Å². The number of hydrogen-bond donors (Lipinski definition) is 2. The van der Waals surface area contributed by atoms with Gasteiger partial charge in [0.2, 0.25) is 0 Å². The molecule has 2 amide bonds. The van der Waals surface area contributed by atoms with Gasteiger partial charge >= 0.3 is 0 Å². The molecule has 6 nitrogen and oxygen atoms in total. The van der Waals surface area contributed by atoms with Crippen molar-refractivity contribution in [1.82, 2.24) is 10.6 Å². The number of furan rings is 1. The predicted octanol–water partition coefficient (Wildman–Crippen LogP) is 2.71. The quantitative estimate of drug-likeness (QED) is 0.791. The largest absolute Gasteiger partial charge is 0.459 e. The smallest absolute Gasteiger partial charge is 0.293 e. The van der Waals surface area contributed by atoms with E-state index in [1.54, 1.807) is 43.4 Å². The van der Waals surface area contributed by atoms with Crippen LogP contribution in [-0.2, 0) is 0 Å². The summed E-state index contributed by atoms with van der Waals surface area (Å²) in [6.45, 7) is 5.37. The van der Waals surface area contributed by atoms with Gasteiger partial charge in [-0.2, -0.15) is 0 Å². The number of benzene rings is 1. The maximum Gasteiger partial charge on any atom is 0.293 e. The molecule has 0 aliphatic carbocycles. The minimum absolute atomic E-state index is 0. The fourth-order valence-corrected chi connectivity index (χ4v) is 2.39.